The summed E-state index contributed by atoms with van der Waals surface area (Å²) in [5.41, 5.74) is -6.05. The quantitative estimate of drug-likeness (QED) is 0.860. The average Bonchev–Trinajstić information content (AvgIpc) is 2.12. The first-order chi connectivity index (χ1) is 8.45. The minimum atomic E-state index is -5.57. The van der Waals surface area contributed by atoms with Crippen molar-refractivity contribution in [3.05, 3.63) is 27.7 Å². The van der Waals surface area contributed by atoms with Gasteiger partial charge < -0.3 is 0 Å². The summed E-state index contributed by atoms with van der Waals surface area (Å²) in [5, 5.41) is -0.500. The third kappa shape index (κ3) is 3.52. The van der Waals surface area contributed by atoms with E-state index in [0.717, 1.165) is 19.1 Å². The molecule has 1 aromatic carbocycles. The predicted molar refractivity (Wildman–Crippen MR) is 65.1 cm³/mol. The van der Waals surface area contributed by atoms with Gasteiger partial charge in [0.25, 0.3) is 0 Å². The van der Waals surface area contributed by atoms with Crippen molar-refractivity contribution in [3.8, 4) is 0 Å². The van der Waals surface area contributed by atoms with Crippen LogP contribution in [0, 0.1) is 0 Å². The minimum Gasteiger partial charge on any atom is -0.294 e. The molecular weight excluding hydrogens is 330 g/mol. The number of hydrogen-bond donors (Lipinski definition) is 1. The number of Topliss-reactive ketones (excluding diaryl/α,β-unsaturated/α-hetero) is 1. The molecule has 0 atom stereocenters. The van der Waals surface area contributed by atoms with Gasteiger partial charge in [-0.25, -0.2) is 0 Å². The van der Waals surface area contributed by atoms with E-state index in [9.17, 15) is 26.4 Å². The molecule has 0 spiro atoms. The van der Waals surface area contributed by atoms with Gasteiger partial charge >= 0.3 is 15.5 Å². The maximum atomic E-state index is 12.2. The van der Waals surface area contributed by atoms with E-state index in [1.807, 2.05) is 0 Å². The molecule has 1 aromatic rings. The van der Waals surface area contributed by atoms with Crippen molar-refractivity contribution < 1.29 is 26.4 Å². The van der Waals surface area contributed by atoms with E-state index in [2.05, 4.69) is 0 Å². The lowest BCUT2D eigenvalue weighted by atomic mass is 10.1. The van der Waals surface area contributed by atoms with Gasteiger partial charge in [0.15, 0.2) is 5.78 Å². The van der Waals surface area contributed by atoms with E-state index in [1.165, 1.54) is 4.72 Å². The second-order valence-electron chi connectivity index (χ2n) is 3.42. The largest absolute Gasteiger partial charge is 0.516 e. The highest BCUT2D eigenvalue weighted by Crippen LogP contribution is 2.32. The molecule has 0 bridgehead atoms. The summed E-state index contributed by atoms with van der Waals surface area (Å²) in [7, 11) is -5.57. The molecule has 106 valence electrons. The van der Waals surface area contributed by atoms with E-state index in [0.29, 0.717) is 0 Å². The van der Waals surface area contributed by atoms with Crippen molar-refractivity contribution in [1.29, 1.82) is 0 Å². The van der Waals surface area contributed by atoms with Crippen LogP contribution >= 0.6 is 23.2 Å². The number of halogens is 5. The lowest BCUT2D eigenvalue weighted by Gasteiger charge is -2.12. The Kier molecular flexibility index (Phi) is 4.38. The molecule has 0 fully saturated rings. The maximum Gasteiger partial charge on any atom is 0.516 e. The molecule has 0 saturated heterocycles. The molecule has 0 aliphatic rings. The molecule has 0 amide bonds. The molecule has 0 unspecified atom stereocenters. The molecular formula is C9H6Cl2F3NO3S. The van der Waals surface area contributed by atoms with Gasteiger partial charge in [0.2, 0.25) is 0 Å². The summed E-state index contributed by atoms with van der Waals surface area (Å²) < 4.78 is 59.5. The monoisotopic (exact) mass is 335 g/mol. The van der Waals surface area contributed by atoms with Crippen molar-refractivity contribution in [2.45, 2.75) is 12.4 Å². The van der Waals surface area contributed by atoms with Crippen LogP contribution in [0.5, 0.6) is 0 Å². The minimum absolute atomic E-state index is 0.0988. The molecule has 19 heavy (non-hydrogen) atoms. The maximum absolute atomic E-state index is 12.2. The second-order valence-corrected chi connectivity index (χ2v) is 5.91. The van der Waals surface area contributed by atoms with Crippen molar-refractivity contribution >= 4 is 44.7 Å². The number of anilines is 1. The number of nitrogens with one attached hydrogen (secondary N) is 1. The Morgan fingerprint density at radius 2 is 1.63 bits per heavy atom. The van der Waals surface area contributed by atoms with E-state index < -0.39 is 27.0 Å². The first-order valence-corrected chi connectivity index (χ1v) is 6.78. The zero-order chi connectivity index (χ0) is 15.0. The van der Waals surface area contributed by atoms with Gasteiger partial charge in [-0.1, -0.05) is 23.2 Å². The SMILES string of the molecule is CC(=O)c1c(Cl)cc(NS(=O)(=O)C(F)(F)F)cc1Cl. The molecule has 0 aliphatic heterocycles. The Labute approximate surface area is 116 Å². The van der Waals surface area contributed by atoms with Crippen LogP contribution in [0.3, 0.4) is 0 Å². The second kappa shape index (κ2) is 5.18. The molecule has 1 rings (SSSR count). The number of hydrogen-bond acceptors (Lipinski definition) is 3. The molecule has 0 aliphatic carbocycles. The van der Waals surface area contributed by atoms with Gasteiger partial charge in [0.05, 0.1) is 21.3 Å². The molecule has 1 N–H and O–H groups in total. The Morgan fingerprint density at radius 1 is 1.21 bits per heavy atom. The summed E-state index contributed by atoms with van der Waals surface area (Å²) in [6.07, 6.45) is 0. The van der Waals surface area contributed by atoms with Gasteiger partial charge in [0.1, 0.15) is 0 Å². The first kappa shape index (κ1) is 16.1. The van der Waals surface area contributed by atoms with Gasteiger partial charge in [-0.2, -0.15) is 21.6 Å². The average molecular weight is 336 g/mol. The highest BCUT2D eigenvalue weighted by molar-refractivity contribution is 7.93. The van der Waals surface area contributed by atoms with Crippen LogP contribution in [0.2, 0.25) is 10.0 Å². The lowest BCUT2D eigenvalue weighted by molar-refractivity contribution is -0.0429. The number of benzene rings is 1. The molecule has 0 aromatic heterocycles. The molecule has 0 saturated carbocycles. The van der Waals surface area contributed by atoms with Crippen LogP contribution in [-0.2, 0) is 10.0 Å². The van der Waals surface area contributed by atoms with Crippen LogP contribution in [0.25, 0.3) is 0 Å². The number of ketones is 1. The van der Waals surface area contributed by atoms with Crippen LogP contribution in [-0.4, -0.2) is 19.7 Å². The van der Waals surface area contributed by atoms with E-state index in [4.69, 9.17) is 23.2 Å². The van der Waals surface area contributed by atoms with Crippen molar-refractivity contribution in [3.63, 3.8) is 0 Å². The summed E-state index contributed by atoms with van der Waals surface area (Å²) in [4.78, 5) is 11.2. The molecule has 0 radical (unpaired) electrons. The Balaban J connectivity index is 3.24. The summed E-state index contributed by atoms with van der Waals surface area (Å²) in [6, 6.07) is 1.74. The first-order valence-electron chi connectivity index (χ1n) is 4.55. The molecule has 10 heteroatoms. The Bertz CT molecular complexity index is 605. The fourth-order valence-electron chi connectivity index (χ4n) is 1.18. The van der Waals surface area contributed by atoms with Gasteiger partial charge in [0, 0.05) is 0 Å². The standard InChI is InChI=1S/C9H6Cl2F3NO3S/c1-4(16)8-6(10)2-5(3-7(8)11)15-19(17,18)9(12,13)14/h2-3,15H,1H3. The third-order valence-electron chi connectivity index (χ3n) is 1.95. The molecule has 4 nitrogen and oxygen atoms in total. The lowest BCUT2D eigenvalue weighted by Crippen LogP contribution is -2.29. The number of carbonyl (C=O) groups excluding carboxylic acids is 1. The highest BCUT2D eigenvalue weighted by Gasteiger charge is 2.46. The summed E-state index contributed by atoms with van der Waals surface area (Å²) >= 11 is 11.3. The fourth-order valence-corrected chi connectivity index (χ4v) is 2.48. The smallest absolute Gasteiger partial charge is 0.294 e. The predicted octanol–water partition coefficient (Wildman–Crippen LogP) is 3.46. The van der Waals surface area contributed by atoms with Crippen molar-refractivity contribution in [1.82, 2.24) is 0 Å². The van der Waals surface area contributed by atoms with Crippen LogP contribution in [0.1, 0.15) is 17.3 Å². The zero-order valence-corrected chi connectivity index (χ0v) is 11.5. The molecule has 0 heterocycles. The van der Waals surface area contributed by atoms with E-state index in [-0.39, 0.29) is 15.6 Å². The van der Waals surface area contributed by atoms with Crippen molar-refractivity contribution in [2.75, 3.05) is 4.72 Å². The van der Waals surface area contributed by atoms with Crippen LogP contribution in [0.4, 0.5) is 18.9 Å². The van der Waals surface area contributed by atoms with Crippen LogP contribution in [0.15, 0.2) is 12.1 Å². The highest BCUT2D eigenvalue weighted by atomic mass is 35.5. The number of rotatable bonds is 3. The summed E-state index contributed by atoms with van der Waals surface area (Å²) in [6.45, 7) is 1.16. The third-order valence-corrected chi connectivity index (χ3v) is 3.66. The van der Waals surface area contributed by atoms with Gasteiger partial charge in [-0.3, -0.25) is 9.52 Å². The topological polar surface area (TPSA) is 63.2 Å². The number of alkyl halides is 3. The fraction of sp³-hybridized carbons (Fsp3) is 0.222. The van der Waals surface area contributed by atoms with E-state index >= 15 is 0 Å². The Hall–Kier alpha value is -0.990. The summed E-state index contributed by atoms with van der Waals surface area (Å²) in [5.74, 6) is -0.500. The zero-order valence-electron chi connectivity index (χ0n) is 9.18. The number of sulfonamides is 1. The number of carbonyl (C=O) groups is 1. The van der Waals surface area contributed by atoms with E-state index in [1.54, 1.807) is 0 Å². The van der Waals surface area contributed by atoms with Crippen molar-refractivity contribution in [2.24, 2.45) is 0 Å². The Morgan fingerprint density at radius 3 is 1.95 bits per heavy atom. The normalized spacial score (nSPS) is 12.3. The van der Waals surface area contributed by atoms with Crippen LogP contribution < -0.4 is 4.72 Å². The van der Waals surface area contributed by atoms with Gasteiger partial charge in [-0.15, -0.1) is 0 Å². The van der Waals surface area contributed by atoms with Gasteiger partial charge in [-0.05, 0) is 19.1 Å².